The molecule has 1 amide bonds. The number of nitrogens with one attached hydrogen (secondary N) is 1. The highest BCUT2D eigenvalue weighted by Gasteiger charge is 2.17. The van der Waals surface area contributed by atoms with Gasteiger partial charge in [-0.3, -0.25) is 14.5 Å². The van der Waals surface area contributed by atoms with Gasteiger partial charge in [-0.25, -0.2) is 0 Å². The van der Waals surface area contributed by atoms with Crippen molar-refractivity contribution in [2.75, 3.05) is 13.1 Å². The molecular weight excluding hydrogens is 292 g/mol. The standard InChI is InChI=1S/C15H21ClN2O3/c1-3-18(11(2)8-15(20)21)10-14(19)17-9-12-4-6-13(16)7-5-12/h4-7,11H,3,8-10H2,1-2H3,(H,17,19)(H,20,21). The van der Waals surface area contributed by atoms with E-state index in [1.54, 1.807) is 12.1 Å². The van der Waals surface area contributed by atoms with Crippen molar-refractivity contribution in [1.29, 1.82) is 0 Å². The smallest absolute Gasteiger partial charge is 0.304 e. The molecule has 1 rings (SSSR count). The first-order valence-corrected chi connectivity index (χ1v) is 7.27. The third-order valence-electron chi connectivity index (χ3n) is 3.25. The number of nitrogens with zero attached hydrogens (tertiary/aromatic N) is 1. The van der Waals surface area contributed by atoms with E-state index in [1.807, 2.05) is 30.9 Å². The van der Waals surface area contributed by atoms with Gasteiger partial charge in [-0.05, 0) is 31.2 Å². The molecule has 2 N–H and O–H groups in total. The van der Waals surface area contributed by atoms with Gasteiger partial charge in [0.15, 0.2) is 0 Å². The van der Waals surface area contributed by atoms with Crippen molar-refractivity contribution in [2.45, 2.75) is 32.9 Å². The molecule has 0 aliphatic rings. The molecule has 1 aromatic carbocycles. The molecule has 0 aliphatic heterocycles. The van der Waals surface area contributed by atoms with Crippen LogP contribution in [0.3, 0.4) is 0 Å². The molecule has 6 heteroatoms. The van der Waals surface area contributed by atoms with E-state index in [0.29, 0.717) is 18.1 Å². The summed E-state index contributed by atoms with van der Waals surface area (Å²) in [4.78, 5) is 24.5. The molecular formula is C15H21ClN2O3. The van der Waals surface area contributed by atoms with Crippen molar-refractivity contribution in [1.82, 2.24) is 10.2 Å². The Labute approximate surface area is 129 Å². The van der Waals surface area contributed by atoms with Crippen LogP contribution < -0.4 is 5.32 Å². The van der Waals surface area contributed by atoms with Crippen molar-refractivity contribution >= 4 is 23.5 Å². The van der Waals surface area contributed by atoms with Crippen molar-refractivity contribution < 1.29 is 14.7 Å². The first-order valence-electron chi connectivity index (χ1n) is 6.89. The van der Waals surface area contributed by atoms with E-state index in [4.69, 9.17) is 16.7 Å². The molecule has 0 fully saturated rings. The normalized spacial score (nSPS) is 12.2. The number of aliphatic carboxylic acids is 1. The Balaban J connectivity index is 2.43. The third kappa shape index (κ3) is 6.60. The van der Waals surface area contributed by atoms with E-state index < -0.39 is 5.97 Å². The second kappa shape index (κ2) is 8.64. The minimum Gasteiger partial charge on any atom is -0.481 e. The zero-order chi connectivity index (χ0) is 15.8. The van der Waals surface area contributed by atoms with Crippen LogP contribution in [0.15, 0.2) is 24.3 Å². The molecule has 0 heterocycles. The first-order chi connectivity index (χ1) is 9.92. The summed E-state index contributed by atoms with van der Waals surface area (Å²) in [7, 11) is 0. The van der Waals surface area contributed by atoms with Gasteiger partial charge in [0.1, 0.15) is 0 Å². The second-order valence-electron chi connectivity index (χ2n) is 4.91. The lowest BCUT2D eigenvalue weighted by Gasteiger charge is -2.25. The van der Waals surface area contributed by atoms with Crippen LogP contribution in [-0.4, -0.2) is 41.0 Å². The number of carboxylic acids is 1. The van der Waals surface area contributed by atoms with Crippen LogP contribution in [0.4, 0.5) is 0 Å². The number of rotatable bonds is 8. The van der Waals surface area contributed by atoms with Gasteiger partial charge in [-0.15, -0.1) is 0 Å². The fraction of sp³-hybridized carbons (Fsp3) is 0.467. The Morgan fingerprint density at radius 2 is 1.95 bits per heavy atom. The quantitative estimate of drug-likeness (QED) is 0.771. The van der Waals surface area contributed by atoms with Gasteiger partial charge < -0.3 is 10.4 Å². The molecule has 0 aromatic heterocycles. The number of benzene rings is 1. The van der Waals surface area contributed by atoms with Crippen LogP contribution in [0.25, 0.3) is 0 Å². The van der Waals surface area contributed by atoms with Crippen LogP contribution in [0.2, 0.25) is 5.02 Å². The lowest BCUT2D eigenvalue weighted by molar-refractivity contribution is -0.138. The SMILES string of the molecule is CCN(CC(=O)NCc1ccc(Cl)cc1)C(C)CC(=O)O. The fourth-order valence-corrected chi connectivity index (χ4v) is 2.13. The van der Waals surface area contributed by atoms with Crippen LogP contribution in [0.1, 0.15) is 25.8 Å². The maximum Gasteiger partial charge on any atom is 0.304 e. The molecule has 0 bridgehead atoms. The van der Waals surface area contributed by atoms with E-state index >= 15 is 0 Å². The Morgan fingerprint density at radius 1 is 1.33 bits per heavy atom. The summed E-state index contributed by atoms with van der Waals surface area (Å²) < 4.78 is 0. The number of carboxylic acid groups (broad SMARTS) is 1. The Hall–Kier alpha value is -1.59. The number of amides is 1. The molecule has 0 saturated carbocycles. The number of carbonyl (C=O) groups excluding carboxylic acids is 1. The van der Waals surface area contributed by atoms with E-state index in [0.717, 1.165) is 5.56 Å². The predicted octanol–water partition coefficient (Wildman–Crippen LogP) is 2.14. The van der Waals surface area contributed by atoms with Gasteiger partial charge in [0.2, 0.25) is 5.91 Å². The molecule has 1 atom stereocenters. The lowest BCUT2D eigenvalue weighted by Crippen LogP contribution is -2.42. The number of likely N-dealkylation sites (N-methyl/N-ethyl adjacent to an activating group) is 1. The van der Waals surface area contributed by atoms with Crippen molar-refractivity contribution in [3.05, 3.63) is 34.9 Å². The first kappa shape index (κ1) is 17.5. The molecule has 5 nitrogen and oxygen atoms in total. The van der Waals surface area contributed by atoms with E-state index in [1.165, 1.54) is 0 Å². The highest BCUT2D eigenvalue weighted by atomic mass is 35.5. The lowest BCUT2D eigenvalue weighted by atomic mass is 10.2. The van der Waals surface area contributed by atoms with Gasteiger partial charge >= 0.3 is 5.97 Å². The van der Waals surface area contributed by atoms with Gasteiger partial charge in [-0.2, -0.15) is 0 Å². The Kier molecular flexibility index (Phi) is 7.19. The van der Waals surface area contributed by atoms with Crippen molar-refractivity contribution in [3.8, 4) is 0 Å². The van der Waals surface area contributed by atoms with Gasteiger partial charge in [0, 0.05) is 17.6 Å². The van der Waals surface area contributed by atoms with Gasteiger partial charge in [-0.1, -0.05) is 30.7 Å². The highest BCUT2D eigenvalue weighted by Crippen LogP contribution is 2.09. The molecule has 0 aliphatic carbocycles. The molecule has 1 aromatic rings. The van der Waals surface area contributed by atoms with E-state index in [-0.39, 0.29) is 24.9 Å². The largest absolute Gasteiger partial charge is 0.481 e. The van der Waals surface area contributed by atoms with E-state index in [9.17, 15) is 9.59 Å². The molecule has 1 unspecified atom stereocenters. The number of halogens is 1. The van der Waals surface area contributed by atoms with Crippen molar-refractivity contribution in [2.24, 2.45) is 0 Å². The minimum absolute atomic E-state index is 0.0261. The summed E-state index contributed by atoms with van der Waals surface area (Å²) in [6.45, 7) is 4.97. The maximum atomic E-state index is 11.9. The monoisotopic (exact) mass is 312 g/mol. The number of hydrogen-bond donors (Lipinski definition) is 2. The summed E-state index contributed by atoms with van der Waals surface area (Å²) in [6.07, 6.45) is 0.0261. The summed E-state index contributed by atoms with van der Waals surface area (Å²) in [5.41, 5.74) is 0.967. The van der Waals surface area contributed by atoms with E-state index in [2.05, 4.69) is 5.32 Å². The predicted molar refractivity (Wildman–Crippen MR) is 82.3 cm³/mol. The third-order valence-corrected chi connectivity index (χ3v) is 3.50. The van der Waals surface area contributed by atoms with Gasteiger partial charge in [0.05, 0.1) is 13.0 Å². The number of carbonyl (C=O) groups is 2. The topological polar surface area (TPSA) is 69.6 Å². The second-order valence-corrected chi connectivity index (χ2v) is 5.35. The summed E-state index contributed by atoms with van der Waals surface area (Å²) in [5, 5.41) is 12.3. The molecule has 116 valence electrons. The summed E-state index contributed by atoms with van der Waals surface area (Å²) >= 11 is 5.80. The summed E-state index contributed by atoms with van der Waals surface area (Å²) in [6, 6.07) is 7.08. The maximum absolute atomic E-state index is 11.9. The van der Waals surface area contributed by atoms with Crippen LogP contribution in [0, 0.1) is 0 Å². The summed E-state index contributed by atoms with van der Waals surface area (Å²) in [5.74, 6) is -0.980. The van der Waals surface area contributed by atoms with Crippen LogP contribution in [-0.2, 0) is 16.1 Å². The average molecular weight is 313 g/mol. The molecule has 21 heavy (non-hydrogen) atoms. The zero-order valence-electron chi connectivity index (χ0n) is 12.3. The highest BCUT2D eigenvalue weighted by molar-refractivity contribution is 6.30. The van der Waals surface area contributed by atoms with Crippen LogP contribution in [0.5, 0.6) is 0 Å². The fourth-order valence-electron chi connectivity index (χ4n) is 2.00. The molecule has 0 spiro atoms. The van der Waals surface area contributed by atoms with Crippen molar-refractivity contribution in [3.63, 3.8) is 0 Å². The zero-order valence-corrected chi connectivity index (χ0v) is 13.1. The molecule has 0 radical (unpaired) electrons. The van der Waals surface area contributed by atoms with Gasteiger partial charge in [0.25, 0.3) is 0 Å². The Bertz CT molecular complexity index is 476. The molecule has 0 saturated heterocycles. The van der Waals surface area contributed by atoms with Crippen LogP contribution >= 0.6 is 11.6 Å². The Morgan fingerprint density at radius 3 is 2.48 bits per heavy atom. The number of hydrogen-bond acceptors (Lipinski definition) is 3. The minimum atomic E-state index is -0.859. The average Bonchev–Trinajstić information content (AvgIpc) is 2.43.